The Balaban J connectivity index is 1.96. The van der Waals surface area contributed by atoms with Crippen LogP contribution < -0.4 is 11.3 Å². The fraction of sp³-hybridized carbons (Fsp3) is 0.538. The van der Waals surface area contributed by atoms with E-state index in [0.717, 1.165) is 38.3 Å². The van der Waals surface area contributed by atoms with E-state index in [1.165, 1.54) is 6.07 Å². The number of nitrogens with one attached hydrogen (secondary N) is 1. The van der Waals surface area contributed by atoms with Crippen LogP contribution in [0.3, 0.4) is 0 Å². The number of aliphatic hydroxyl groups excluding tert-OH is 1. The molecular weight excluding hydrogens is 274 g/mol. The summed E-state index contributed by atoms with van der Waals surface area (Å²) < 4.78 is 0. The number of nitrogen functional groups attached to an aromatic ring is 1. The Labute approximate surface area is 123 Å². The van der Waals surface area contributed by atoms with E-state index in [0.29, 0.717) is 12.2 Å². The van der Waals surface area contributed by atoms with Gasteiger partial charge in [0.1, 0.15) is 5.69 Å². The summed E-state index contributed by atoms with van der Waals surface area (Å²) >= 11 is 0. The zero-order valence-electron chi connectivity index (χ0n) is 11.9. The Morgan fingerprint density at radius 2 is 1.95 bits per heavy atom. The number of nitrogens with zero attached hydrogens (tertiary/aromatic N) is 3. The van der Waals surface area contributed by atoms with Gasteiger partial charge in [0.2, 0.25) is 0 Å². The molecule has 0 spiro atoms. The first-order chi connectivity index (χ1) is 10.1. The number of β-amino-alcohol motifs (C(OH)–C–C–N with tert-alkyl or cyclic N) is 1. The van der Waals surface area contributed by atoms with Crippen molar-refractivity contribution in [2.45, 2.75) is 6.54 Å². The predicted octanol–water partition coefficient (Wildman–Crippen LogP) is -0.00970. The van der Waals surface area contributed by atoms with Gasteiger partial charge in [0, 0.05) is 45.3 Å². The topological polar surface area (TPSA) is 108 Å². The summed E-state index contributed by atoms with van der Waals surface area (Å²) in [4.78, 5) is 14.9. The van der Waals surface area contributed by atoms with Crippen molar-refractivity contribution in [1.82, 2.24) is 9.80 Å². The van der Waals surface area contributed by atoms with Crippen LogP contribution in [0.5, 0.6) is 0 Å². The monoisotopic (exact) mass is 295 g/mol. The zero-order chi connectivity index (χ0) is 15.2. The number of aliphatic hydroxyl groups is 1. The van der Waals surface area contributed by atoms with Gasteiger partial charge < -0.3 is 10.5 Å². The summed E-state index contributed by atoms with van der Waals surface area (Å²) in [7, 11) is 0. The molecule has 0 unspecified atom stereocenters. The molecule has 8 nitrogen and oxygen atoms in total. The Morgan fingerprint density at radius 1 is 1.29 bits per heavy atom. The SMILES string of the molecule is NNc1cc(CN2CCN(CCO)CC2)ccc1[N+](=O)[O-]. The maximum atomic E-state index is 10.9. The van der Waals surface area contributed by atoms with Crippen LogP contribution in [-0.4, -0.2) is 59.2 Å². The van der Waals surface area contributed by atoms with Gasteiger partial charge in [-0.25, -0.2) is 0 Å². The minimum absolute atomic E-state index is 0.0194. The van der Waals surface area contributed by atoms with Crippen molar-refractivity contribution in [1.29, 1.82) is 0 Å². The van der Waals surface area contributed by atoms with Gasteiger partial charge in [-0.3, -0.25) is 25.8 Å². The summed E-state index contributed by atoms with van der Waals surface area (Å²) in [6.07, 6.45) is 0. The van der Waals surface area contributed by atoms with Gasteiger partial charge in [0.15, 0.2) is 0 Å². The molecule has 0 atom stereocenters. The van der Waals surface area contributed by atoms with E-state index in [1.807, 2.05) is 0 Å². The van der Waals surface area contributed by atoms with E-state index in [4.69, 9.17) is 10.9 Å². The van der Waals surface area contributed by atoms with Crippen molar-refractivity contribution < 1.29 is 10.0 Å². The lowest BCUT2D eigenvalue weighted by atomic mass is 10.1. The summed E-state index contributed by atoms with van der Waals surface area (Å²) in [6, 6.07) is 4.96. The fourth-order valence-electron chi connectivity index (χ4n) is 2.53. The number of hydrogen-bond donors (Lipinski definition) is 3. The summed E-state index contributed by atoms with van der Waals surface area (Å²) in [5.41, 5.74) is 3.68. The van der Waals surface area contributed by atoms with Crippen LogP contribution in [0.25, 0.3) is 0 Å². The second kappa shape index (κ2) is 7.32. The molecule has 1 aromatic carbocycles. The van der Waals surface area contributed by atoms with Crippen LogP contribution in [0.4, 0.5) is 11.4 Å². The van der Waals surface area contributed by atoms with E-state index in [1.54, 1.807) is 12.1 Å². The summed E-state index contributed by atoms with van der Waals surface area (Å²) in [5.74, 6) is 5.34. The number of benzene rings is 1. The van der Waals surface area contributed by atoms with Gasteiger partial charge in [-0.1, -0.05) is 6.07 Å². The lowest BCUT2D eigenvalue weighted by molar-refractivity contribution is -0.384. The van der Waals surface area contributed by atoms with Crippen LogP contribution in [-0.2, 0) is 6.54 Å². The van der Waals surface area contributed by atoms with Gasteiger partial charge in [-0.2, -0.15) is 0 Å². The molecule has 4 N–H and O–H groups in total. The van der Waals surface area contributed by atoms with Crippen LogP contribution in [0, 0.1) is 10.1 Å². The van der Waals surface area contributed by atoms with Gasteiger partial charge in [-0.15, -0.1) is 0 Å². The van der Waals surface area contributed by atoms with E-state index < -0.39 is 4.92 Å². The minimum Gasteiger partial charge on any atom is -0.395 e. The van der Waals surface area contributed by atoms with E-state index in [9.17, 15) is 10.1 Å². The molecule has 21 heavy (non-hydrogen) atoms. The maximum Gasteiger partial charge on any atom is 0.293 e. The summed E-state index contributed by atoms with van der Waals surface area (Å²) in [6.45, 7) is 5.33. The molecule has 0 amide bonds. The molecule has 1 saturated heterocycles. The third kappa shape index (κ3) is 4.11. The molecule has 1 aliphatic heterocycles. The predicted molar refractivity (Wildman–Crippen MR) is 79.7 cm³/mol. The van der Waals surface area contributed by atoms with E-state index in [-0.39, 0.29) is 12.3 Å². The van der Waals surface area contributed by atoms with E-state index in [2.05, 4.69) is 15.2 Å². The maximum absolute atomic E-state index is 10.9. The highest BCUT2D eigenvalue weighted by Gasteiger charge is 2.18. The third-order valence-corrected chi connectivity index (χ3v) is 3.70. The van der Waals surface area contributed by atoms with Crippen molar-refractivity contribution >= 4 is 11.4 Å². The fourth-order valence-corrected chi connectivity index (χ4v) is 2.53. The smallest absolute Gasteiger partial charge is 0.293 e. The number of hydrogen-bond acceptors (Lipinski definition) is 7. The molecule has 0 aliphatic carbocycles. The average Bonchev–Trinajstić information content (AvgIpc) is 2.49. The largest absolute Gasteiger partial charge is 0.395 e. The standard InChI is InChI=1S/C13H21N5O3/c14-15-12-9-11(1-2-13(12)18(20)21)10-17-5-3-16(4-6-17)7-8-19/h1-2,9,15,19H,3-8,10,14H2. The highest BCUT2D eigenvalue weighted by molar-refractivity contribution is 5.62. The van der Waals surface area contributed by atoms with Crippen molar-refractivity contribution in [3.8, 4) is 0 Å². The Hall–Kier alpha value is -1.74. The number of nitro groups is 1. The highest BCUT2D eigenvalue weighted by atomic mass is 16.6. The Kier molecular flexibility index (Phi) is 5.45. The lowest BCUT2D eigenvalue weighted by Crippen LogP contribution is -2.46. The van der Waals surface area contributed by atoms with Gasteiger partial charge in [0.05, 0.1) is 11.5 Å². The number of anilines is 1. The molecule has 1 aromatic rings. The van der Waals surface area contributed by atoms with Crippen LogP contribution >= 0.6 is 0 Å². The molecule has 8 heteroatoms. The Bertz CT molecular complexity index is 489. The molecule has 116 valence electrons. The third-order valence-electron chi connectivity index (χ3n) is 3.70. The number of nitro benzene ring substituents is 1. The van der Waals surface area contributed by atoms with E-state index >= 15 is 0 Å². The number of nitrogens with two attached hydrogens (primary N) is 1. The first-order valence-electron chi connectivity index (χ1n) is 6.93. The van der Waals surface area contributed by atoms with Crippen LogP contribution in [0.1, 0.15) is 5.56 Å². The second-order valence-electron chi connectivity index (χ2n) is 5.09. The normalized spacial score (nSPS) is 16.9. The zero-order valence-corrected chi connectivity index (χ0v) is 11.9. The number of hydrazine groups is 1. The summed E-state index contributed by atoms with van der Waals surface area (Å²) in [5, 5.41) is 19.8. The Morgan fingerprint density at radius 3 is 2.52 bits per heavy atom. The van der Waals surface area contributed by atoms with Crippen molar-refractivity contribution in [2.24, 2.45) is 5.84 Å². The molecular formula is C13H21N5O3. The molecule has 0 radical (unpaired) electrons. The lowest BCUT2D eigenvalue weighted by Gasteiger charge is -2.34. The molecule has 1 heterocycles. The van der Waals surface area contributed by atoms with Crippen LogP contribution in [0.2, 0.25) is 0 Å². The van der Waals surface area contributed by atoms with Crippen molar-refractivity contribution in [2.75, 3.05) is 44.8 Å². The second-order valence-corrected chi connectivity index (χ2v) is 5.09. The minimum atomic E-state index is -0.452. The number of rotatable bonds is 6. The van der Waals surface area contributed by atoms with Gasteiger partial charge in [0.25, 0.3) is 5.69 Å². The quantitative estimate of drug-likeness (QED) is 0.385. The molecule has 0 aromatic heterocycles. The molecule has 1 aliphatic rings. The van der Waals surface area contributed by atoms with Crippen molar-refractivity contribution in [3.05, 3.63) is 33.9 Å². The molecule has 0 bridgehead atoms. The first kappa shape index (κ1) is 15.6. The molecule has 2 rings (SSSR count). The van der Waals surface area contributed by atoms with Gasteiger partial charge >= 0.3 is 0 Å². The molecule has 1 fully saturated rings. The van der Waals surface area contributed by atoms with Gasteiger partial charge in [-0.05, 0) is 11.6 Å². The first-order valence-corrected chi connectivity index (χ1v) is 6.93. The average molecular weight is 295 g/mol. The number of piperazine rings is 1. The highest BCUT2D eigenvalue weighted by Crippen LogP contribution is 2.25. The van der Waals surface area contributed by atoms with Crippen LogP contribution in [0.15, 0.2) is 18.2 Å². The molecule has 0 saturated carbocycles. The van der Waals surface area contributed by atoms with Crippen molar-refractivity contribution in [3.63, 3.8) is 0 Å².